The van der Waals surface area contributed by atoms with Gasteiger partial charge in [0, 0.05) is 23.4 Å². The Labute approximate surface area is 183 Å². The molecular formula is C24H32N2O5. The van der Waals surface area contributed by atoms with Crippen molar-refractivity contribution in [2.24, 2.45) is 5.92 Å². The van der Waals surface area contributed by atoms with Gasteiger partial charge in [-0.25, -0.2) is 4.79 Å². The highest BCUT2D eigenvalue weighted by atomic mass is 16.5. The van der Waals surface area contributed by atoms with Crippen molar-refractivity contribution in [2.75, 3.05) is 20.3 Å². The molecule has 1 unspecified atom stereocenters. The number of aromatic amines is 1. The fourth-order valence-electron chi connectivity index (χ4n) is 3.61. The molecule has 1 atom stereocenters. The van der Waals surface area contributed by atoms with Gasteiger partial charge in [-0.05, 0) is 57.4 Å². The van der Waals surface area contributed by atoms with E-state index in [1.54, 1.807) is 64.0 Å². The number of esters is 1. The standard InChI is InChI=1S/C24H32N2O5/c1-8-31-24(29)21-15(4)20(16(5)25-21)22(27)17(6)26(13-14(2)3)23(28)18-10-9-11-19(12-18)30-7/h9-12,14,17,25H,8,13H2,1-7H3. The van der Waals surface area contributed by atoms with Crippen molar-refractivity contribution < 1.29 is 23.9 Å². The summed E-state index contributed by atoms with van der Waals surface area (Å²) in [5, 5.41) is 0. The van der Waals surface area contributed by atoms with Gasteiger partial charge in [0.15, 0.2) is 5.78 Å². The molecule has 168 valence electrons. The van der Waals surface area contributed by atoms with E-state index in [-0.39, 0.29) is 29.9 Å². The second kappa shape index (κ2) is 10.3. The first-order chi connectivity index (χ1) is 14.6. The van der Waals surface area contributed by atoms with E-state index in [0.717, 1.165) is 0 Å². The topological polar surface area (TPSA) is 88.7 Å². The number of Topliss-reactive ketones (excluding diaryl/α,β-unsaturated/α-hetero) is 1. The monoisotopic (exact) mass is 428 g/mol. The van der Waals surface area contributed by atoms with E-state index in [0.29, 0.717) is 34.7 Å². The summed E-state index contributed by atoms with van der Waals surface area (Å²) in [6.45, 7) is 11.6. The maximum atomic E-state index is 13.5. The maximum absolute atomic E-state index is 13.5. The molecule has 0 aliphatic rings. The molecular weight excluding hydrogens is 396 g/mol. The molecule has 2 aromatic rings. The van der Waals surface area contributed by atoms with E-state index >= 15 is 0 Å². The maximum Gasteiger partial charge on any atom is 0.355 e. The van der Waals surface area contributed by atoms with E-state index in [4.69, 9.17) is 9.47 Å². The van der Waals surface area contributed by atoms with Gasteiger partial charge in [0.2, 0.25) is 0 Å². The molecule has 0 bridgehead atoms. The number of ketones is 1. The van der Waals surface area contributed by atoms with Crippen LogP contribution in [0.5, 0.6) is 5.75 Å². The lowest BCUT2D eigenvalue weighted by molar-refractivity contribution is 0.0518. The number of carbonyl (C=O) groups excluding carboxylic acids is 3. The Morgan fingerprint density at radius 3 is 2.39 bits per heavy atom. The van der Waals surface area contributed by atoms with E-state index in [9.17, 15) is 14.4 Å². The molecule has 0 saturated heterocycles. The quantitative estimate of drug-likeness (QED) is 0.478. The summed E-state index contributed by atoms with van der Waals surface area (Å²) in [5.41, 5.74) is 2.25. The Kier molecular flexibility index (Phi) is 8.02. The summed E-state index contributed by atoms with van der Waals surface area (Å²) in [6.07, 6.45) is 0. The molecule has 0 aliphatic heterocycles. The van der Waals surface area contributed by atoms with Gasteiger partial charge in [-0.3, -0.25) is 9.59 Å². The number of benzene rings is 1. The Bertz CT molecular complexity index is 961. The highest BCUT2D eigenvalue weighted by Crippen LogP contribution is 2.24. The average molecular weight is 429 g/mol. The third kappa shape index (κ3) is 5.34. The summed E-state index contributed by atoms with van der Waals surface area (Å²) < 4.78 is 10.3. The van der Waals surface area contributed by atoms with Crippen LogP contribution < -0.4 is 4.74 Å². The number of nitrogens with zero attached hydrogens (tertiary/aromatic N) is 1. The normalized spacial score (nSPS) is 11.9. The molecule has 0 saturated carbocycles. The van der Waals surface area contributed by atoms with Crippen molar-refractivity contribution in [3.8, 4) is 5.75 Å². The van der Waals surface area contributed by atoms with E-state index in [2.05, 4.69) is 4.98 Å². The largest absolute Gasteiger partial charge is 0.497 e. The number of carbonyl (C=O) groups is 3. The second-order valence-corrected chi connectivity index (χ2v) is 7.97. The van der Waals surface area contributed by atoms with E-state index in [1.165, 1.54) is 0 Å². The molecule has 31 heavy (non-hydrogen) atoms. The summed E-state index contributed by atoms with van der Waals surface area (Å²) >= 11 is 0. The number of aryl methyl sites for hydroxylation is 1. The van der Waals surface area contributed by atoms with Gasteiger partial charge in [-0.1, -0.05) is 19.9 Å². The summed E-state index contributed by atoms with van der Waals surface area (Å²) in [7, 11) is 1.54. The molecule has 2 rings (SSSR count). The van der Waals surface area contributed by atoms with Crippen LogP contribution in [0.15, 0.2) is 24.3 Å². The zero-order chi connectivity index (χ0) is 23.3. The Balaban J connectivity index is 2.41. The first kappa shape index (κ1) is 24.2. The second-order valence-electron chi connectivity index (χ2n) is 7.97. The first-order valence-electron chi connectivity index (χ1n) is 10.5. The van der Waals surface area contributed by atoms with Crippen LogP contribution in [0.2, 0.25) is 0 Å². The lowest BCUT2D eigenvalue weighted by Crippen LogP contribution is -2.45. The van der Waals surface area contributed by atoms with Crippen LogP contribution in [0.1, 0.15) is 70.2 Å². The fraction of sp³-hybridized carbons (Fsp3) is 0.458. The zero-order valence-electron chi connectivity index (χ0n) is 19.4. The summed E-state index contributed by atoms with van der Waals surface area (Å²) in [5.74, 6) is -0.232. The Morgan fingerprint density at radius 2 is 1.81 bits per heavy atom. The molecule has 1 amide bonds. The molecule has 7 nitrogen and oxygen atoms in total. The number of rotatable bonds is 9. The van der Waals surface area contributed by atoms with E-state index in [1.807, 2.05) is 13.8 Å². The third-order valence-corrected chi connectivity index (χ3v) is 5.15. The number of H-pyrrole nitrogens is 1. The molecule has 1 aromatic carbocycles. The van der Waals surface area contributed by atoms with Crippen molar-refractivity contribution in [3.05, 3.63) is 52.3 Å². The van der Waals surface area contributed by atoms with Gasteiger partial charge >= 0.3 is 5.97 Å². The van der Waals surface area contributed by atoms with Crippen LogP contribution in [0.3, 0.4) is 0 Å². The highest BCUT2D eigenvalue weighted by molar-refractivity contribution is 6.07. The highest BCUT2D eigenvalue weighted by Gasteiger charge is 2.32. The van der Waals surface area contributed by atoms with Gasteiger partial charge in [0.1, 0.15) is 11.4 Å². The minimum Gasteiger partial charge on any atom is -0.497 e. The number of hydrogen-bond acceptors (Lipinski definition) is 5. The number of aromatic nitrogens is 1. The lowest BCUT2D eigenvalue weighted by Gasteiger charge is -2.30. The minimum absolute atomic E-state index is 0.160. The van der Waals surface area contributed by atoms with E-state index < -0.39 is 12.0 Å². The average Bonchev–Trinajstić information content (AvgIpc) is 3.04. The van der Waals surface area contributed by atoms with Crippen LogP contribution in [0, 0.1) is 19.8 Å². The lowest BCUT2D eigenvalue weighted by atomic mass is 9.98. The van der Waals surface area contributed by atoms with Crippen molar-refractivity contribution >= 4 is 17.7 Å². The molecule has 1 aromatic heterocycles. The minimum atomic E-state index is -0.718. The van der Waals surface area contributed by atoms with Gasteiger partial charge in [-0.15, -0.1) is 0 Å². The number of amides is 1. The van der Waals surface area contributed by atoms with Gasteiger partial charge in [0.25, 0.3) is 5.91 Å². The molecule has 1 N–H and O–H groups in total. The van der Waals surface area contributed by atoms with Crippen LogP contribution in [0.4, 0.5) is 0 Å². The van der Waals surface area contributed by atoms with Crippen molar-refractivity contribution in [2.45, 2.75) is 47.6 Å². The third-order valence-electron chi connectivity index (χ3n) is 5.15. The van der Waals surface area contributed by atoms with Crippen LogP contribution in [0.25, 0.3) is 0 Å². The molecule has 0 aliphatic carbocycles. The SMILES string of the molecule is CCOC(=O)c1[nH]c(C)c(C(=O)C(C)N(CC(C)C)C(=O)c2cccc(OC)c2)c1C. The smallest absolute Gasteiger partial charge is 0.355 e. The summed E-state index contributed by atoms with van der Waals surface area (Å²) in [4.78, 5) is 43.6. The molecule has 1 heterocycles. The first-order valence-corrected chi connectivity index (χ1v) is 10.5. The number of ether oxygens (including phenoxy) is 2. The fourth-order valence-corrected chi connectivity index (χ4v) is 3.61. The van der Waals surface area contributed by atoms with Crippen molar-refractivity contribution in [1.82, 2.24) is 9.88 Å². The molecule has 7 heteroatoms. The van der Waals surface area contributed by atoms with Gasteiger partial charge in [0.05, 0.1) is 19.8 Å². The van der Waals surface area contributed by atoms with Crippen molar-refractivity contribution in [3.63, 3.8) is 0 Å². The predicted octanol–water partition coefficient (Wildman–Crippen LogP) is 4.19. The summed E-state index contributed by atoms with van der Waals surface area (Å²) in [6, 6.07) is 6.17. The molecule has 0 spiro atoms. The Hall–Kier alpha value is -3.09. The van der Waals surface area contributed by atoms with Crippen LogP contribution >= 0.6 is 0 Å². The Morgan fingerprint density at radius 1 is 1.13 bits per heavy atom. The predicted molar refractivity (Wildman–Crippen MR) is 119 cm³/mol. The molecule has 0 radical (unpaired) electrons. The number of hydrogen-bond donors (Lipinski definition) is 1. The van der Waals surface area contributed by atoms with Crippen molar-refractivity contribution in [1.29, 1.82) is 0 Å². The zero-order valence-corrected chi connectivity index (χ0v) is 19.4. The number of nitrogens with one attached hydrogen (secondary N) is 1. The van der Waals surface area contributed by atoms with Gasteiger partial charge in [-0.2, -0.15) is 0 Å². The molecule has 0 fully saturated rings. The van der Waals surface area contributed by atoms with Crippen LogP contribution in [-0.4, -0.2) is 53.8 Å². The van der Waals surface area contributed by atoms with Gasteiger partial charge < -0.3 is 19.4 Å². The van der Waals surface area contributed by atoms with Crippen LogP contribution in [-0.2, 0) is 4.74 Å². The number of methoxy groups -OCH3 is 1.